The summed E-state index contributed by atoms with van der Waals surface area (Å²) in [4.78, 5) is 19.9. The first-order chi connectivity index (χ1) is 16.9. The van der Waals surface area contributed by atoms with Crippen LogP contribution in [0.4, 0.5) is 0 Å². The summed E-state index contributed by atoms with van der Waals surface area (Å²) in [5.41, 5.74) is 3.78. The second kappa shape index (κ2) is 11.0. The Bertz CT molecular complexity index is 1280. The third-order valence-electron chi connectivity index (χ3n) is 6.18. The molecule has 0 bridgehead atoms. The van der Waals surface area contributed by atoms with Crippen LogP contribution in [0.3, 0.4) is 0 Å². The fourth-order valence-corrected chi connectivity index (χ4v) is 5.27. The molecule has 0 amide bonds. The van der Waals surface area contributed by atoms with Gasteiger partial charge in [-0.2, -0.15) is 0 Å². The fraction of sp³-hybridized carbons (Fsp3) is 0.333. The number of hydrogen-bond acceptors (Lipinski definition) is 6. The van der Waals surface area contributed by atoms with Crippen molar-refractivity contribution < 1.29 is 4.79 Å². The molecule has 1 atom stereocenters. The third kappa shape index (κ3) is 5.39. The maximum absolute atomic E-state index is 13.3. The van der Waals surface area contributed by atoms with Gasteiger partial charge in [0.05, 0.1) is 18.3 Å². The molecule has 182 valence electrons. The highest BCUT2D eigenvalue weighted by Crippen LogP contribution is 2.28. The van der Waals surface area contributed by atoms with Crippen molar-refractivity contribution in [1.29, 1.82) is 0 Å². The van der Waals surface area contributed by atoms with Crippen LogP contribution in [0.25, 0.3) is 5.82 Å². The summed E-state index contributed by atoms with van der Waals surface area (Å²) < 4.78 is 4.18. The topological polar surface area (TPSA) is 68.8 Å². The zero-order valence-electron chi connectivity index (χ0n) is 21.0. The number of hydrogen-bond donors (Lipinski definition) is 0. The van der Waals surface area contributed by atoms with Crippen molar-refractivity contribution in [2.75, 3.05) is 19.8 Å². The van der Waals surface area contributed by atoms with E-state index in [-0.39, 0.29) is 17.6 Å². The third-order valence-corrected chi connectivity index (χ3v) is 7.15. The largest absolute Gasteiger partial charge is 0.302 e. The number of aromatic nitrogens is 5. The first-order valence-electron chi connectivity index (χ1n) is 11.8. The molecule has 0 N–H and O–H groups in total. The van der Waals surface area contributed by atoms with Crippen LogP contribution in [-0.4, -0.2) is 54.8 Å². The van der Waals surface area contributed by atoms with Gasteiger partial charge in [0, 0.05) is 23.1 Å². The molecule has 0 saturated carbocycles. The molecule has 7 nitrogen and oxygen atoms in total. The summed E-state index contributed by atoms with van der Waals surface area (Å²) in [6, 6.07) is 18.2. The monoisotopic (exact) mass is 488 g/mol. The fourth-order valence-electron chi connectivity index (χ4n) is 4.44. The number of carbonyl (C=O) groups excluding carboxylic acids is 1. The average Bonchev–Trinajstić information content (AvgIpc) is 3.38. The highest BCUT2D eigenvalue weighted by Gasteiger charge is 2.24. The molecule has 3 aromatic heterocycles. The van der Waals surface area contributed by atoms with Crippen molar-refractivity contribution in [2.24, 2.45) is 0 Å². The molecular formula is C27H32N6OS. The second-order valence-electron chi connectivity index (χ2n) is 8.82. The van der Waals surface area contributed by atoms with Gasteiger partial charge in [0.25, 0.3) is 0 Å². The van der Waals surface area contributed by atoms with Crippen molar-refractivity contribution in [2.45, 2.75) is 44.9 Å². The van der Waals surface area contributed by atoms with Gasteiger partial charge in [-0.15, -0.1) is 10.2 Å². The van der Waals surface area contributed by atoms with Crippen LogP contribution in [0.5, 0.6) is 0 Å². The van der Waals surface area contributed by atoms with E-state index in [4.69, 9.17) is 0 Å². The Kier molecular flexibility index (Phi) is 7.83. The summed E-state index contributed by atoms with van der Waals surface area (Å²) in [6.45, 7) is 6.79. The number of ketones is 1. The van der Waals surface area contributed by atoms with Crippen molar-refractivity contribution >= 4 is 17.5 Å². The number of pyridine rings is 1. The van der Waals surface area contributed by atoms with Gasteiger partial charge in [0.1, 0.15) is 5.82 Å². The van der Waals surface area contributed by atoms with Crippen LogP contribution in [0.1, 0.15) is 52.5 Å². The Morgan fingerprint density at radius 2 is 1.80 bits per heavy atom. The summed E-state index contributed by atoms with van der Waals surface area (Å²) >= 11 is 1.45. The molecule has 0 saturated heterocycles. The highest BCUT2D eigenvalue weighted by atomic mass is 32.2. The quantitative estimate of drug-likeness (QED) is 0.228. The van der Waals surface area contributed by atoms with Crippen molar-refractivity contribution in [3.05, 3.63) is 89.1 Å². The number of benzene rings is 1. The molecule has 0 unspecified atom stereocenters. The summed E-state index contributed by atoms with van der Waals surface area (Å²) in [5, 5.41) is 9.82. The minimum absolute atomic E-state index is 0.0701. The second-order valence-corrected chi connectivity index (χ2v) is 9.76. The Hall–Kier alpha value is -3.23. The number of carbonyl (C=O) groups is 1. The molecule has 4 aromatic rings. The van der Waals surface area contributed by atoms with E-state index in [1.807, 2.05) is 60.9 Å². The molecule has 35 heavy (non-hydrogen) atoms. The summed E-state index contributed by atoms with van der Waals surface area (Å²) in [7, 11) is 4.12. The maximum atomic E-state index is 13.3. The molecule has 8 heteroatoms. The normalized spacial score (nSPS) is 12.3. The van der Waals surface area contributed by atoms with Crippen LogP contribution in [0, 0.1) is 13.8 Å². The minimum atomic E-state index is 0.0701. The standard InChI is InChI=1S/C27H32N6OS/c1-6-23(31(4)5)26-29-30-27(32(26)17-21-12-8-7-9-13-21)35-18-24(34)22-16-19(2)33(20(22)3)25-14-10-11-15-28-25/h7-16,23H,6,17-18H2,1-5H3/t23-/m1/s1. The van der Waals surface area contributed by atoms with Gasteiger partial charge in [-0.25, -0.2) is 4.98 Å². The van der Waals surface area contributed by atoms with Gasteiger partial charge in [0.15, 0.2) is 16.8 Å². The van der Waals surface area contributed by atoms with Gasteiger partial charge in [0.2, 0.25) is 0 Å². The van der Waals surface area contributed by atoms with E-state index in [0.717, 1.165) is 40.2 Å². The smallest absolute Gasteiger partial charge is 0.192 e. The Morgan fingerprint density at radius 3 is 2.46 bits per heavy atom. The first kappa shape index (κ1) is 24.9. The van der Waals surface area contributed by atoms with Crippen LogP contribution in [-0.2, 0) is 6.54 Å². The van der Waals surface area contributed by atoms with E-state index in [2.05, 4.69) is 57.8 Å². The molecule has 0 aliphatic heterocycles. The van der Waals surface area contributed by atoms with Crippen LogP contribution < -0.4 is 0 Å². The predicted molar refractivity (Wildman–Crippen MR) is 140 cm³/mol. The van der Waals surface area contributed by atoms with Crippen molar-refractivity contribution in [1.82, 2.24) is 29.2 Å². The number of Topliss-reactive ketones (excluding diaryl/α,β-unsaturated/α-hetero) is 1. The van der Waals surface area contributed by atoms with E-state index in [1.54, 1.807) is 6.20 Å². The van der Waals surface area contributed by atoms with E-state index in [1.165, 1.54) is 17.3 Å². The lowest BCUT2D eigenvalue weighted by atomic mass is 10.2. The Morgan fingerprint density at radius 1 is 1.06 bits per heavy atom. The minimum Gasteiger partial charge on any atom is -0.302 e. The average molecular weight is 489 g/mol. The number of rotatable bonds is 10. The molecule has 0 spiro atoms. The molecule has 0 aliphatic carbocycles. The van der Waals surface area contributed by atoms with Crippen LogP contribution in [0.2, 0.25) is 0 Å². The zero-order valence-corrected chi connectivity index (χ0v) is 21.8. The van der Waals surface area contributed by atoms with Gasteiger partial charge < -0.3 is 9.13 Å². The molecule has 0 radical (unpaired) electrons. The lowest BCUT2D eigenvalue weighted by Crippen LogP contribution is -2.23. The number of nitrogens with zero attached hydrogens (tertiary/aromatic N) is 6. The Balaban J connectivity index is 1.59. The van der Waals surface area contributed by atoms with E-state index in [9.17, 15) is 4.79 Å². The summed E-state index contributed by atoms with van der Waals surface area (Å²) in [6.07, 6.45) is 2.68. The molecule has 0 aliphatic rings. The van der Waals surface area contributed by atoms with Crippen molar-refractivity contribution in [3.8, 4) is 5.82 Å². The lowest BCUT2D eigenvalue weighted by molar-refractivity contribution is 0.102. The Labute approximate surface area is 211 Å². The zero-order chi connectivity index (χ0) is 24.9. The highest BCUT2D eigenvalue weighted by molar-refractivity contribution is 7.99. The number of aryl methyl sites for hydroxylation is 1. The van der Waals surface area contributed by atoms with E-state index in [0.29, 0.717) is 6.54 Å². The van der Waals surface area contributed by atoms with Crippen LogP contribution in [0.15, 0.2) is 66.0 Å². The first-order valence-corrected chi connectivity index (χ1v) is 12.8. The SMILES string of the molecule is CC[C@H](c1nnc(SCC(=O)c2cc(C)n(-c3ccccn3)c2C)n1Cc1ccccc1)N(C)C. The van der Waals surface area contributed by atoms with E-state index < -0.39 is 0 Å². The molecular weight excluding hydrogens is 456 g/mol. The molecule has 0 fully saturated rings. The van der Waals surface area contributed by atoms with Gasteiger partial charge in [-0.05, 0) is 58.1 Å². The lowest BCUT2D eigenvalue weighted by Gasteiger charge is -2.23. The van der Waals surface area contributed by atoms with Gasteiger partial charge in [-0.1, -0.05) is 55.1 Å². The predicted octanol–water partition coefficient (Wildman–Crippen LogP) is 5.12. The van der Waals surface area contributed by atoms with E-state index >= 15 is 0 Å². The molecule has 4 rings (SSSR count). The molecule has 3 heterocycles. The summed E-state index contributed by atoms with van der Waals surface area (Å²) in [5.74, 6) is 2.10. The number of thioether (sulfide) groups is 1. The molecule has 1 aromatic carbocycles. The van der Waals surface area contributed by atoms with Crippen LogP contribution >= 0.6 is 11.8 Å². The van der Waals surface area contributed by atoms with Gasteiger partial charge in [-0.3, -0.25) is 9.69 Å². The maximum Gasteiger partial charge on any atom is 0.192 e. The van der Waals surface area contributed by atoms with Gasteiger partial charge >= 0.3 is 0 Å². The van der Waals surface area contributed by atoms with Crippen molar-refractivity contribution in [3.63, 3.8) is 0 Å².